The quantitative estimate of drug-likeness (QED) is 0.627. The zero-order valence-electron chi connectivity index (χ0n) is 12.0. The van der Waals surface area contributed by atoms with Crippen LogP contribution in [0.25, 0.3) is 23.6 Å². The average molecular weight is 269 g/mol. The summed E-state index contributed by atoms with van der Waals surface area (Å²) in [5, 5.41) is 3.21. The number of carbonyl (C=O) groups is 1. The number of benzene rings is 1. The lowest BCUT2D eigenvalue weighted by Crippen LogP contribution is -2.29. The number of aromatic nitrogens is 1. The van der Waals surface area contributed by atoms with Gasteiger partial charge in [-0.25, -0.2) is 4.79 Å². The van der Waals surface area contributed by atoms with Crippen molar-refractivity contribution in [1.29, 1.82) is 0 Å². The Hall–Kier alpha value is -2.29. The molecule has 0 spiro atoms. The smallest absolute Gasteiger partial charge is 0.333 e. The lowest BCUT2D eigenvalue weighted by Gasteiger charge is -2.07. The first-order valence-electron chi connectivity index (χ1n) is 6.61. The van der Waals surface area contributed by atoms with Gasteiger partial charge in [0.25, 0.3) is 0 Å². The van der Waals surface area contributed by atoms with Crippen molar-refractivity contribution in [2.75, 3.05) is 6.61 Å². The second-order valence-corrected chi connectivity index (χ2v) is 4.74. The van der Waals surface area contributed by atoms with E-state index in [0.717, 1.165) is 21.5 Å². The standard InChI is InChI=1S/C17H19NO2/c1-5-15-13(4)14-8-6-7-9-16(14)18(15)10-11-20-17(19)12(2)3/h5-9H,2,4,10-11H2,1,3H3/b15-5+. The summed E-state index contributed by atoms with van der Waals surface area (Å²) in [5.41, 5.74) is 1.53. The minimum Gasteiger partial charge on any atom is -0.460 e. The summed E-state index contributed by atoms with van der Waals surface area (Å²) in [7, 11) is 0. The fourth-order valence-electron chi connectivity index (χ4n) is 2.32. The van der Waals surface area contributed by atoms with Gasteiger partial charge in [-0.15, -0.1) is 0 Å². The summed E-state index contributed by atoms with van der Waals surface area (Å²) in [6.45, 7) is 12.3. The molecule has 0 fully saturated rings. The van der Waals surface area contributed by atoms with Crippen LogP contribution in [0.1, 0.15) is 13.8 Å². The molecule has 0 radical (unpaired) electrons. The maximum atomic E-state index is 11.4. The highest BCUT2D eigenvalue weighted by molar-refractivity contribution is 5.87. The van der Waals surface area contributed by atoms with Gasteiger partial charge in [0.1, 0.15) is 6.61 Å². The van der Waals surface area contributed by atoms with Crippen LogP contribution in [-0.4, -0.2) is 17.1 Å². The number of fused-ring (bicyclic) bond motifs is 1. The molecular weight excluding hydrogens is 250 g/mol. The van der Waals surface area contributed by atoms with Crippen molar-refractivity contribution < 1.29 is 9.53 Å². The Morgan fingerprint density at radius 2 is 2.10 bits per heavy atom. The van der Waals surface area contributed by atoms with Crippen LogP contribution in [0.3, 0.4) is 0 Å². The van der Waals surface area contributed by atoms with E-state index < -0.39 is 0 Å². The van der Waals surface area contributed by atoms with E-state index in [2.05, 4.69) is 29.9 Å². The fourth-order valence-corrected chi connectivity index (χ4v) is 2.32. The highest BCUT2D eigenvalue weighted by atomic mass is 16.5. The Bertz CT molecular complexity index is 768. The zero-order valence-corrected chi connectivity index (χ0v) is 12.0. The van der Waals surface area contributed by atoms with E-state index in [0.29, 0.717) is 18.7 Å². The first-order chi connectivity index (χ1) is 9.56. The van der Waals surface area contributed by atoms with E-state index in [1.54, 1.807) is 6.92 Å². The topological polar surface area (TPSA) is 31.2 Å². The number of nitrogens with zero attached hydrogens (tertiary/aromatic N) is 1. The van der Waals surface area contributed by atoms with Crippen molar-refractivity contribution in [3.63, 3.8) is 0 Å². The minimum atomic E-state index is -0.349. The summed E-state index contributed by atoms with van der Waals surface area (Å²) < 4.78 is 7.30. The number of hydrogen-bond donors (Lipinski definition) is 0. The Morgan fingerprint density at radius 3 is 2.75 bits per heavy atom. The van der Waals surface area contributed by atoms with Crippen LogP contribution in [-0.2, 0) is 16.1 Å². The van der Waals surface area contributed by atoms with Gasteiger partial charge in [0.2, 0.25) is 0 Å². The van der Waals surface area contributed by atoms with Crippen LogP contribution in [0.2, 0.25) is 0 Å². The van der Waals surface area contributed by atoms with Gasteiger partial charge in [0.15, 0.2) is 0 Å². The Balaban J connectivity index is 2.33. The van der Waals surface area contributed by atoms with Gasteiger partial charge in [-0.2, -0.15) is 0 Å². The minimum absolute atomic E-state index is 0.324. The van der Waals surface area contributed by atoms with E-state index in [1.807, 2.05) is 25.1 Å². The van der Waals surface area contributed by atoms with Crippen LogP contribution < -0.4 is 10.6 Å². The highest BCUT2D eigenvalue weighted by Crippen LogP contribution is 2.08. The molecule has 0 amide bonds. The summed E-state index contributed by atoms with van der Waals surface area (Å²) in [6, 6.07) is 8.11. The van der Waals surface area contributed by atoms with Gasteiger partial charge < -0.3 is 9.30 Å². The number of esters is 1. The van der Waals surface area contributed by atoms with E-state index >= 15 is 0 Å². The van der Waals surface area contributed by atoms with Crippen molar-refractivity contribution in [2.45, 2.75) is 20.4 Å². The van der Waals surface area contributed by atoms with Gasteiger partial charge in [0.05, 0.1) is 6.54 Å². The number of rotatable bonds is 4. The predicted molar refractivity (Wildman–Crippen MR) is 82.6 cm³/mol. The van der Waals surface area contributed by atoms with Gasteiger partial charge in [-0.3, -0.25) is 0 Å². The third kappa shape index (κ3) is 2.52. The molecule has 1 aromatic carbocycles. The third-order valence-electron chi connectivity index (χ3n) is 3.29. The van der Waals surface area contributed by atoms with E-state index in [9.17, 15) is 4.79 Å². The van der Waals surface area contributed by atoms with Crippen LogP contribution in [0, 0.1) is 0 Å². The molecule has 0 unspecified atom stereocenters. The molecule has 1 aromatic heterocycles. The van der Waals surface area contributed by atoms with Gasteiger partial charge in [0, 0.05) is 21.8 Å². The molecule has 2 aromatic rings. The molecule has 20 heavy (non-hydrogen) atoms. The van der Waals surface area contributed by atoms with Crippen molar-refractivity contribution in [1.82, 2.24) is 4.57 Å². The van der Waals surface area contributed by atoms with Crippen LogP contribution in [0.5, 0.6) is 0 Å². The fraction of sp³-hybridized carbons (Fsp3) is 0.235. The maximum absolute atomic E-state index is 11.4. The van der Waals surface area contributed by atoms with Crippen molar-refractivity contribution in [3.05, 3.63) is 47.0 Å². The van der Waals surface area contributed by atoms with Crippen molar-refractivity contribution in [3.8, 4) is 0 Å². The van der Waals surface area contributed by atoms with E-state index in [-0.39, 0.29) is 5.97 Å². The number of para-hydroxylation sites is 1. The monoisotopic (exact) mass is 269 g/mol. The molecule has 0 aliphatic carbocycles. The SMILES string of the molecule is C=C(C)C(=O)OCCn1/c(=C/C)c(=C)c2ccccc21. The van der Waals surface area contributed by atoms with E-state index in [4.69, 9.17) is 4.74 Å². The lowest BCUT2D eigenvalue weighted by atomic mass is 10.2. The molecule has 0 atom stereocenters. The molecule has 0 aliphatic rings. The molecule has 3 nitrogen and oxygen atoms in total. The number of ether oxygens (including phenoxy) is 1. The Labute approximate surface area is 118 Å². The molecule has 0 saturated heterocycles. The van der Waals surface area contributed by atoms with Crippen LogP contribution >= 0.6 is 0 Å². The first-order valence-corrected chi connectivity index (χ1v) is 6.61. The molecule has 0 aliphatic heterocycles. The molecule has 3 heteroatoms. The number of carbonyl (C=O) groups excluding carboxylic acids is 1. The lowest BCUT2D eigenvalue weighted by molar-refractivity contribution is -0.139. The van der Waals surface area contributed by atoms with Crippen LogP contribution in [0.15, 0.2) is 36.4 Å². The molecule has 2 rings (SSSR count). The summed E-state index contributed by atoms with van der Waals surface area (Å²) in [4.78, 5) is 11.4. The molecule has 0 saturated carbocycles. The first kappa shape index (κ1) is 14.1. The van der Waals surface area contributed by atoms with Gasteiger partial charge >= 0.3 is 5.97 Å². The zero-order chi connectivity index (χ0) is 14.7. The third-order valence-corrected chi connectivity index (χ3v) is 3.29. The molecule has 1 heterocycles. The average Bonchev–Trinajstić information content (AvgIpc) is 2.71. The Morgan fingerprint density at radius 1 is 1.40 bits per heavy atom. The normalized spacial score (nSPS) is 11.8. The van der Waals surface area contributed by atoms with Gasteiger partial charge in [-0.05, 0) is 25.1 Å². The highest BCUT2D eigenvalue weighted by Gasteiger charge is 2.07. The number of hydrogen-bond acceptors (Lipinski definition) is 2. The van der Waals surface area contributed by atoms with E-state index in [1.165, 1.54) is 0 Å². The Kier molecular flexibility index (Phi) is 4.08. The van der Waals surface area contributed by atoms with Crippen LogP contribution in [0.4, 0.5) is 0 Å². The van der Waals surface area contributed by atoms with Crippen molar-refractivity contribution >= 4 is 29.5 Å². The largest absolute Gasteiger partial charge is 0.460 e. The predicted octanol–water partition coefficient (Wildman–Crippen LogP) is 1.97. The summed E-state index contributed by atoms with van der Waals surface area (Å²) in [6.07, 6.45) is 2.03. The second-order valence-electron chi connectivity index (χ2n) is 4.74. The summed E-state index contributed by atoms with van der Waals surface area (Å²) in [5.74, 6) is -0.349. The molecule has 0 N–H and O–H groups in total. The second kappa shape index (κ2) is 5.78. The summed E-state index contributed by atoms with van der Waals surface area (Å²) >= 11 is 0. The maximum Gasteiger partial charge on any atom is 0.333 e. The molecule has 0 bridgehead atoms. The molecular formula is C17H19NO2. The van der Waals surface area contributed by atoms with Crippen molar-refractivity contribution in [2.24, 2.45) is 0 Å². The van der Waals surface area contributed by atoms with Gasteiger partial charge in [-0.1, -0.05) is 37.4 Å². The molecule has 104 valence electrons.